The average molecular weight is 304 g/mol. The number of nitrogens with one attached hydrogen (secondary N) is 1. The van der Waals surface area contributed by atoms with E-state index in [0.29, 0.717) is 18.5 Å². The molecular formula is C17H24N2O3. The van der Waals surface area contributed by atoms with Gasteiger partial charge in [-0.05, 0) is 30.4 Å². The van der Waals surface area contributed by atoms with E-state index in [1.807, 2.05) is 6.07 Å². The maximum absolute atomic E-state index is 12.3. The van der Waals surface area contributed by atoms with Gasteiger partial charge >= 0.3 is 5.97 Å². The number of rotatable bonds is 6. The van der Waals surface area contributed by atoms with Crippen molar-refractivity contribution in [2.75, 3.05) is 6.54 Å². The van der Waals surface area contributed by atoms with Crippen LogP contribution in [0, 0.1) is 5.41 Å². The molecule has 120 valence electrons. The second-order valence-corrected chi connectivity index (χ2v) is 6.19. The molecule has 0 bridgehead atoms. The average Bonchev–Trinajstić information content (AvgIpc) is 2.54. The first-order valence-electron chi connectivity index (χ1n) is 7.83. The van der Waals surface area contributed by atoms with Gasteiger partial charge in [0.1, 0.15) is 0 Å². The number of nitrogens with two attached hydrogens (primary N) is 1. The molecule has 1 fully saturated rings. The van der Waals surface area contributed by atoms with Crippen LogP contribution in [0.2, 0.25) is 0 Å². The number of carbonyl (C=O) groups excluding carboxylic acids is 1. The molecule has 0 saturated heterocycles. The number of carboxylic acids is 1. The minimum Gasteiger partial charge on any atom is -0.479 e. The van der Waals surface area contributed by atoms with Gasteiger partial charge in [0.2, 0.25) is 5.91 Å². The van der Waals surface area contributed by atoms with Crippen molar-refractivity contribution in [1.29, 1.82) is 0 Å². The third-order valence-corrected chi connectivity index (χ3v) is 4.57. The van der Waals surface area contributed by atoms with Crippen LogP contribution in [0.5, 0.6) is 0 Å². The third kappa shape index (κ3) is 4.07. The molecule has 0 spiro atoms. The predicted octanol–water partition coefficient (Wildman–Crippen LogP) is 2.23. The van der Waals surface area contributed by atoms with Gasteiger partial charge in [0.05, 0.1) is 0 Å². The lowest BCUT2D eigenvalue weighted by Gasteiger charge is -2.36. The fourth-order valence-corrected chi connectivity index (χ4v) is 3.24. The number of hydrogen-bond donors (Lipinski definition) is 3. The van der Waals surface area contributed by atoms with Gasteiger partial charge in [-0.3, -0.25) is 4.79 Å². The van der Waals surface area contributed by atoms with E-state index in [9.17, 15) is 14.7 Å². The molecule has 5 heteroatoms. The van der Waals surface area contributed by atoms with E-state index in [1.165, 1.54) is 6.42 Å². The van der Waals surface area contributed by atoms with E-state index < -0.39 is 12.0 Å². The molecule has 5 nitrogen and oxygen atoms in total. The minimum atomic E-state index is -1.05. The summed E-state index contributed by atoms with van der Waals surface area (Å²) in [6.07, 6.45) is 5.56. The summed E-state index contributed by atoms with van der Waals surface area (Å²) in [5.41, 5.74) is 6.30. The number of benzene rings is 1. The highest BCUT2D eigenvalue weighted by atomic mass is 16.4. The van der Waals surface area contributed by atoms with Crippen molar-refractivity contribution in [3.05, 3.63) is 35.9 Å². The smallest absolute Gasteiger partial charge is 0.330 e. The zero-order chi connectivity index (χ0) is 16.0. The summed E-state index contributed by atoms with van der Waals surface area (Å²) in [7, 11) is 0. The second-order valence-electron chi connectivity index (χ2n) is 6.19. The third-order valence-electron chi connectivity index (χ3n) is 4.57. The van der Waals surface area contributed by atoms with Gasteiger partial charge < -0.3 is 16.2 Å². The summed E-state index contributed by atoms with van der Waals surface area (Å²) in [5, 5.41) is 12.0. The van der Waals surface area contributed by atoms with Crippen LogP contribution >= 0.6 is 0 Å². The fraction of sp³-hybridized carbons (Fsp3) is 0.529. The van der Waals surface area contributed by atoms with Gasteiger partial charge in [-0.25, -0.2) is 4.79 Å². The van der Waals surface area contributed by atoms with Crippen LogP contribution in [-0.2, 0) is 9.59 Å². The number of carboxylic acid groups (broad SMARTS) is 1. The Hall–Kier alpha value is -1.88. The van der Waals surface area contributed by atoms with Crippen LogP contribution in [0.3, 0.4) is 0 Å². The molecule has 0 heterocycles. The Bertz CT molecular complexity index is 510. The second kappa shape index (κ2) is 7.40. The van der Waals surface area contributed by atoms with Crippen LogP contribution in [0.15, 0.2) is 30.3 Å². The zero-order valence-electron chi connectivity index (χ0n) is 12.8. The van der Waals surface area contributed by atoms with Crippen LogP contribution in [0.1, 0.15) is 50.1 Å². The summed E-state index contributed by atoms with van der Waals surface area (Å²) >= 11 is 0. The molecule has 1 aliphatic rings. The van der Waals surface area contributed by atoms with E-state index >= 15 is 0 Å². The molecule has 4 N–H and O–H groups in total. The summed E-state index contributed by atoms with van der Waals surface area (Å²) in [4.78, 5) is 23.8. The van der Waals surface area contributed by atoms with Gasteiger partial charge in [0.15, 0.2) is 6.04 Å². The molecule has 1 saturated carbocycles. The Labute approximate surface area is 130 Å². The van der Waals surface area contributed by atoms with E-state index in [1.54, 1.807) is 24.3 Å². The topological polar surface area (TPSA) is 92.4 Å². The number of carbonyl (C=O) groups is 2. The first-order chi connectivity index (χ1) is 10.6. The highest BCUT2D eigenvalue weighted by Gasteiger charge is 2.34. The molecule has 1 aliphatic carbocycles. The molecule has 0 aliphatic heterocycles. The molecule has 0 unspecified atom stereocenters. The lowest BCUT2D eigenvalue weighted by Crippen LogP contribution is -2.41. The highest BCUT2D eigenvalue weighted by molar-refractivity contribution is 5.84. The molecule has 1 atom stereocenters. The summed E-state index contributed by atoms with van der Waals surface area (Å²) < 4.78 is 0. The standard InChI is InChI=1S/C17H24N2O3/c18-12-17(9-5-2-6-10-17)11-14(20)19-15(16(21)22)13-7-3-1-4-8-13/h1,3-4,7-8,15H,2,5-6,9-12,18H2,(H,19,20)(H,21,22)/t15-/m0/s1. The Morgan fingerprint density at radius 2 is 1.82 bits per heavy atom. The van der Waals surface area contributed by atoms with E-state index in [-0.39, 0.29) is 11.3 Å². The Morgan fingerprint density at radius 3 is 2.36 bits per heavy atom. The number of hydrogen-bond acceptors (Lipinski definition) is 3. The Kier molecular flexibility index (Phi) is 5.55. The quantitative estimate of drug-likeness (QED) is 0.751. The maximum Gasteiger partial charge on any atom is 0.330 e. The van der Waals surface area contributed by atoms with Crippen LogP contribution in [0.25, 0.3) is 0 Å². The summed E-state index contributed by atoms with van der Waals surface area (Å²) in [5.74, 6) is -1.28. The Balaban J connectivity index is 2.04. The van der Waals surface area contributed by atoms with Crippen molar-refractivity contribution < 1.29 is 14.7 Å². The van der Waals surface area contributed by atoms with E-state index in [0.717, 1.165) is 25.7 Å². The van der Waals surface area contributed by atoms with Crippen LogP contribution in [0.4, 0.5) is 0 Å². The zero-order valence-corrected chi connectivity index (χ0v) is 12.8. The highest BCUT2D eigenvalue weighted by Crippen LogP contribution is 2.38. The number of aliphatic carboxylic acids is 1. The summed E-state index contributed by atoms with van der Waals surface area (Å²) in [6.45, 7) is 0.476. The first kappa shape index (κ1) is 16.5. The lowest BCUT2D eigenvalue weighted by atomic mass is 9.71. The lowest BCUT2D eigenvalue weighted by molar-refractivity contribution is -0.142. The van der Waals surface area contributed by atoms with Gasteiger partial charge in [-0.2, -0.15) is 0 Å². The molecule has 1 aromatic carbocycles. The molecular weight excluding hydrogens is 280 g/mol. The van der Waals surface area contributed by atoms with Crippen LogP contribution in [-0.4, -0.2) is 23.5 Å². The minimum absolute atomic E-state index is 0.165. The fourth-order valence-electron chi connectivity index (χ4n) is 3.24. The van der Waals surface area contributed by atoms with Gasteiger partial charge in [0.25, 0.3) is 0 Å². The van der Waals surface area contributed by atoms with Crippen LogP contribution < -0.4 is 11.1 Å². The largest absolute Gasteiger partial charge is 0.479 e. The van der Waals surface area contributed by atoms with Crippen molar-refractivity contribution >= 4 is 11.9 Å². The Morgan fingerprint density at radius 1 is 1.18 bits per heavy atom. The molecule has 0 aromatic heterocycles. The number of amides is 1. The van der Waals surface area contributed by atoms with Gasteiger partial charge in [0, 0.05) is 6.42 Å². The van der Waals surface area contributed by atoms with Crippen molar-refractivity contribution in [2.24, 2.45) is 11.1 Å². The molecule has 1 aromatic rings. The molecule has 0 radical (unpaired) electrons. The normalized spacial score (nSPS) is 18.4. The van der Waals surface area contributed by atoms with E-state index in [4.69, 9.17) is 5.73 Å². The van der Waals surface area contributed by atoms with Crippen molar-refractivity contribution in [2.45, 2.75) is 44.6 Å². The van der Waals surface area contributed by atoms with Gasteiger partial charge in [-0.15, -0.1) is 0 Å². The van der Waals surface area contributed by atoms with Gasteiger partial charge in [-0.1, -0.05) is 49.6 Å². The first-order valence-corrected chi connectivity index (χ1v) is 7.83. The van der Waals surface area contributed by atoms with Crippen molar-refractivity contribution in [1.82, 2.24) is 5.32 Å². The predicted molar refractivity (Wildman–Crippen MR) is 84.2 cm³/mol. The van der Waals surface area contributed by atoms with E-state index in [2.05, 4.69) is 5.32 Å². The molecule has 2 rings (SSSR count). The molecule has 1 amide bonds. The SMILES string of the molecule is NCC1(CC(=O)N[C@H](C(=O)O)c2ccccc2)CCCCC1. The molecule has 22 heavy (non-hydrogen) atoms. The monoisotopic (exact) mass is 304 g/mol. The van der Waals surface area contributed by atoms with Crippen molar-refractivity contribution in [3.8, 4) is 0 Å². The maximum atomic E-state index is 12.3. The summed E-state index contributed by atoms with van der Waals surface area (Å²) in [6, 6.07) is 7.75. The van der Waals surface area contributed by atoms with Crippen molar-refractivity contribution in [3.63, 3.8) is 0 Å².